The number of imidazole rings is 1. The summed E-state index contributed by atoms with van der Waals surface area (Å²) in [6, 6.07) is 22.1. The molecule has 8 nitrogen and oxygen atoms in total. The average Bonchev–Trinajstić information content (AvgIpc) is 3.41. The van der Waals surface area contributed by atoms with Gasteiger partial charge in [-0.05, 0) is 59.2 Å². The summed E-state index contributed by atoms with van der Waals surface area (Å²) in [5, 5.41) is 11.4. The number of hydrogen-bond acceptors (Lipinski definition) is 7. The molecule has 0 spiro atoms. The topological polar surface area (TPSA) is 93.4 Å². The molecule has 5 aromatic rings. The lowest BCUT2D eigenvalue weighted by Crippen LogP contribution is -2.44. The second-order valence-electron chi connectivity index (χ2n) is 9.27. The zero-order chi connectivity index (χ0) is 28.9. The van der Waals surface area contributed by atoms with Gasteiger partial charge in [-0.2, -0.15) is 0 Å². The zero-order valence-corrected chi connectivity index (χ0v) is 22.7. The number of esters is 1. The number of phenols is 1. The van der Waals surface area contributed by atoms with E-state index in [1.165, 1.54) is 37.6 Å². The van der Waals surface area contributed by atoms with Crippen LogP contribution in [0.25, 0.3) is 16.8 Å². The molecule has 0 radical (unpaired) electrons. The fourth-order valence-corrected chi connectivity index (χ4v) is 4.48. The van der Waals surface area contributed by atoms with Crippen LogP contribution >= 0.6 is 11.6 Å². The Kier molecular flexibility index (Phi) is 8.28. The van der Waals surface area contributed by atoms with E-state index in [9.17, 15) is 19.1 Å². The van der Waals surface area contributed by atoms with Crippen LogP contribution in [0.3, 0.4) is 0 Å². The Morgan fingerprint density at radius 3 is 2.39 bits per heavy atom. The van der Waals surface area contributed by atoms with Gasteiger partial charge in [-0.1, -0.05) is 54.1 Å². The van der Waals surface area contributed by atoms with Gasteiger partial charge in [0.05, 0.1) is 13.7 Å². The number of hydrogen-bond donors (Lipinski definition) is 1. The summed E-state index contributed by atoms with van der Waals surface area (Å²) in [5.74, 6) is -1.99. The highest BCUT2D eigenvalue weighted by atomic mass is 35.5. The Morgan fingerprint density at radius 1 is 0.976 bits per heavy atom. The lowest BCUT2D eigenvalue weighted by Gasteiger charge is -2.28. The van der Waals surface area contributed by atoms with Crippen LogP contribution in [0, 0.1) is 5.82 Å². The van der Waals surface area contributed by atoms with Crippen molar-refractivity contribution in [1.82, 2.24) is 14.4 Å². The average molecular weight is 574 g/mol. The number of ether oxygens (including phenoxy) is 1. The van der Waals surface area contributed by atoms with Gasteiger partial charge in [-0.25, -0.2) is 14.2 Å². The number of aromatic hydroxyl groups is 1. The quantitative estimate of drug-likeness (QED) is 0.174. The number of carbonyl (C=O) groups is 2. The molecule has 0 aliphatic heterocycles. The number of phenolic OH excluding ortho intramolecular Hbond substituents is 1. The molecule has 0 saturated heterocycles. The predicted octanol–water partition coefficient (Wildman–Crippen LogP) is 5.86. The van der Waals surface area contributed by atoms with Gasteiger partial charge in [0.25, 0.3) is 0 Å². The Balaban J connectivity index is 1.45. The molecule has 0 aliphatic rings. The van der Waals surface area contributed by atoms with Crippen LogP contribution in [0.2, 0.25) is 5.02 Å². The van der Waals surface area contributed by atoms with E-state index in [0.29, 0.717) is 16.2 Å². The van der Waals surface area contributed by atoms with Crippen LogP contribution in [0.15, 0.2) is 97.3 Å². The van der Waals surface area contributed by atoms with Gasteiger partial charge in [0.1, 0.15) is 23.3 Å². The number of rotatable bonds is 9. The number of halogens is 2. The van der Waals surface area contributed by atoms with Crippen molar-refractivity contribution in [2.45, 2.75) is 19.0 Å². The van der Waals surface area contributed by atoms with E-state index < -0.39 is 23.8 Å². The number of aromatic nitrogens is 2. The first kappa shape index (κ1) is 27.8. The van der Waals surface area contributed by atoms with Gasteiger partial charge in [0.15, 0.2) is 5.69 Å². The molecular weight excluding hydrogens is 549 g/mol. The first-order valence-corrected chi connectivity index (χ1v) is 13.0. The minimum absolute atomic E-state index is 0.00922. The van der Waals surface area contributed by atoms with Crippen LogP contribution < -0.4 is 0 Å². The maximum Gasteiger partial charge on any atom is 0.377 e. The Labute approximate surface area is 240 Å². The fraction of sp³-hybridized carbons (Fsp3) is 0.129. The normalized spacial score (nSPS) is 11.9. The Morgan fingerprint density at radius 2 is 1.68 bits per heavy atom. The minimum Gasteiger partial charge on any atom is -0.508 e. The minimum atomic E-state index is -1.12. The van der Waals surface area contributed by atoms with Gasteiger partial charge in [0.2, 0.25) is 0 Å². The number of hydroxylamine groups is 2. The molecule has 1 N–H and O–H groups in total. The highest BCUT2D eigenvalue weighted by Gasteiger charge is 2.32. The molecule has 2 aromatic heterocycles. The lowest BCUT2D eigenvalue weighted by atomic mass is 10.0. The van der Waals surface area contributed by atoms with Crippen molar-refractivity contribution < 1.29 is 28.7 Å². The molecule has 10 heteroatoms. The van der Waals surface area contributed by atoms with Gasteiger partial charge >= 0.3 is 11.9 Å². The second kappa shape index (κ2) is 12.2. The standard InChI is InChI=1S/C31H25ClFN3O5/c1-40-31(39)28(16-20-6-13-25(37)14-7-20)36(18-23-4-2-3-5-26(23)33)41-30(38)27-19-35-17-22(10-15-29(35)34-27)21-8-11-24(32)12-9-21/h2-15,17,19,28,37H,16,18H2,1H3/t28-/m0/s1. The molecule has 0 aliphatic carbocycles. The lowest BCUT2D eigenvalue weighted by molar-refractivity contribution is -0.178. The van der Waals surface area contributed by atoms with E-state index in [1.807, 2.05) is 24.4 Å². The third-order valence-electron chi connectivity index (χ3n) is 6.51. The van der Waals surface area contributed by atoms with Crippen molar-refractivity contribution in [3.05, 3.63) is 125 Å². The Hall–Kier alpha value is -4.73. The first-order chi connectivity index (χ1) is 19.8. The maximum absolute atomic E-state index is 14.6. The van der Waals surface area contributed by atoms with E-state index >= 15 is 0 Å². The van der Waals surface area contributed by atoms with E-state index in [-0.39, 0.29) is 30.0 Å². The smallest absolute Gasteiger partial charge is 0.377 e. The summed E-state index contributed by atoms with van der Waals surface area (Å²) >= 11 is 6.01. The number of methoxy groups -OCH3 is 1. The zero-order valence-electron chi connectivity index (χ0n) is 21.9. The van der Waals surface area contributed by atoms with Crippen molar-refractivity contribution in [2.24, 2.45) is 0 Å². The molecule has 0 saturated carbocycles. The molecule has 0 unspecified atom stereocenters. The van der Waals surface area contributed by atoms with E-state index in [4.69, 9.17) is 21.2 Å². The molecule has 0 amide bonds. The summed E-state index contributed by atoms with van der Waals surface area (Å²) in [7, 11) is 1.22. The van der Waals surface area contributed by atoms with E-state index in [0.717, 1.165) is 16.2 Å². The molecule has 1 atom stereocenters. The van der Waals surface area contributed by atoms with E-state index in [1.54, 1.807) is 46.9 Å². The molecule has 208 valence electrons. The largest absolute Gasteiger partial charge is 0.508 e. The first-order valence-electron chi connectivity index (χ1n) is 12.6. The van der Waals surface area contributed by atoms with Crippen molar-refractivity contribution in [3.8, 4) is 16.9 Å². The SMILES string of the molecule is COC(=O)[C@H](Cc1ccc(O)cc1)N(Cc1ccccc1F)OC(=O)c1cn2cc(-c3ccc(Cl)cc3)ccc2n1. The number of carbonyl (C=O) groups excluding carboxylic acids is 2. The van der Waals surface area contributed by atoms with Gasteiger partial charge in [0, 0.05) is 29.4 Å². The third kappa shape index (κ3) is 6.54. The molecule has 0 fully saturated rings. The molecule has 3 aromatic carbocycles. The summed E-state index contributed by atoms with van der Waals surface area (Å²) in [6.45, 7) is -0.232. The van der Waals surface area contributed by atoms with Gasteiger partial charge < -0.3 is 19.1 Å². The predicted molar refractivity (Wildman–Crippen MR) is 151 cm³/mol. The molecule has 0 bridgehead atoms. The van der Waals surface area contributed by atoms with Crippen LogP contribution in [0.4, 0.5) is 4.39 Å². The number of nitrogens with zero attached hydrogens (tertiary/aromatic N) is 3. The summed E-state index contributed by atoms with van der Waals surface area (Å²) < 4.78 is 21.3. The fourth-order valence-electron chi connectivity index (χ4n) is 4.35. The highest BCUT2D eigenvalue weighted by molar-refractivity contribution is 6.30. The van der Waals surface area contributed by atoms with Gasteiger partial charge in [-0.15, -0.1) is 5.06 Å². The molecule has 41 heavy (non-hydrogen) atoms. The molecule has 2 heterocycles. The molecule has 5 rings (SSSR count). The summed E-state index contributed by atoms with van der Waals surface area (Å²) in [5.41, 5.74) is 3.18. The number of pyridine rings is 1. The van der Waals surface area contributed by atoms with Crippen LogP contribution in [0.5, 0.6) is 5.75 Å². The number of fused-ring (bicyclic) bond motifs is 1. The van der Waals surface area contributed by atoms with Crippen LogP contribution in [-0.4, -0.2) is 44.6 Å². The van der Waals surface area contributed by atoms with Crippen LogP contribution in [-0.2, 0) is 27.3 Å². The second-order valence-corrected chi connectivity index (χ2v) is 9.71. The molecular formula is C31H25ClFN3O5. The van der Waals surface area contributed by atoms with E-state index in [2.05, 4.69) is 4.98 Å². The summed E-state index contributed by atoms with van der Waals surface area (Å²) in [6.07, 6.45) is 3.40. The Bertz CT molecular complexity index is 1690. The monoisotopic (exact) mass is 573 g/mol. The van der Waals surface area contributed by atoms with Gasteiger partial charge in [-0.3, -0.25) is 4.79 Å². The number of benzene rings is 3. The van der Waals surface area contributed by atoms with Crippen molar-refractivity contribution in [1.29, 1.82) is 0 Å². The van der Waals surface area contributed by atoms with Crippen LogP contribution in [0.1, 0.15) is 21.6 Å². The summed E-state index contributed by atoms with van der Waals surface area (Å²) in [4.78, 5) is 36.4. The highest BCUT2D eigenvalue weighted by Crippen LogP contribution is 2.23. The van der Waals surface area contributed by atoms with Crippen molar-refractivity contribution >= 4 is 29.2 Å². The third-order valence-corrected chi connectivity index (χ3v) is 6.76. The maximum atomic E-state index is 14.6. The van der Waals surface area contributed by atoms with Crippen molar-refractivity contribution in [3.63, 3.8) is 0 Å². The van der Waals surface area contributed by atoms with Crippen molar-refractivity contribution in [2.75, 3.05) is 7.11 Å².